The summed E-state index contributed by atoms with van der Waals surface area (Å²) >= 11 is 0. The minimum Gasteiger partial charge on any atom is -0.211 e. The first-order valence-electron chi connectivity index (χ1n) is 4.17. The highest BCUT2D eigenvalue weighted by Gasteiger charge is 2.25. The molecular formula is C9H6N4O4. The fourth-order valence-electron chi connectivity index (χ4n) is 0.783. The molecule has 0 spiro atoms. The standard InChI is InChI=1S/C9H6N4O4/c1-8(10-4-14)2-3-9(11-5-15,12-6-16)13-7-17/h2-3,8H,1H3. The molecule has 8 heteroatoms. The van der Waals surface area contributed by atoms with Gasteiger partial charge in [0, 0.05) is 0 Å². The molecule has 0 radical (unpaired) electrons. The van der Waals surface area contributed by atoms with E-state index >= 15 is 0 Å². The molecule has 0 saturated heterocycles. The second-order valence-corrected chi connectivity index (χ2v) is 2.62. The van der Waals surface area contributed by atoms with E-state index in [0.717, 1.165) is 24.3 Å². The first kappa shape index (κ1) is 14.3. The Morgan fingerprint density at radius 2 is 1.41 bits per heavy atom. The van der Waals surface area contributed by atoms with Crippen molar-refractivity contribution < 1.29 is 19.2 Å². The summed E-state index contributed by atoms with van der Waals surface area (Å²) in [7, 11) is 0. The second kappa shape index (κ2) is 7.54. The zero-order chi connectivity index (χ0) is 13.1. The third-order valence-electron chi connectivity index (χ3n) is 1.49. The smallest absolute Gasteiger partial charge is 0.211 e. The summed E-state index contributed by atoms with van der Waals surface area (Å²) in [6.07, 6.45) is 6.87. The van der Waals surface area contributed by atoms with E-state index < -0.39 is 11.8 Å². The van der Waals surface area contributed by atoms with Crippen LogP contribution < -0.4 is 0 Å². The predicted octanol–water partition coefficient (Wildman–Crippen LogP) is -0.0719. The number of rotatable bonds is 6. The summed E-state index contributed by atoms with van der Waals surface area (Å²) in [6.45, 7) is 1.51. The molecule has 0 aromatic rings. The van der Waals surface area contributed by atoms with Crippen molar-refractivity contribution in [3.05, 3.63) is 12.2 Å². The average Bonchev–Trinajstić information content (AvgIpc) is 2.28. The van der Waals surface area contributed by atoms with Crippen molar-refractivity contribution in [1.29, 1.82) is 0 Å². The van der Waals surface area contributed by atoms with E-state index in [0.29, 0.717) is 0 Å². The lowest BCUT2D eigenvalue weighted by Gasteiger charge is -2.09. The van der Waals surface area contributed by atoms with E-state index in [4.69, 9.17) is 0 Å². The SMILES string of the molecule is CC(C=CC(N=C=O)(N=C=O)N=C=O)N=C=O. The monoisotopic (exact) mass is 234 g/mol. The van der Waals surface area contributed by atoms with E-state index in [-0.39, 0.29) is 0 Å². The molecule has 86 valence electrons. The lowest BCUT2D eigenvalue weighted by molar-refractivity contribution is 0.513. The Balaban J connectivity index is 5.45. The lowest BCUT2D eigenvalue weighted by Crippen LogP contribution is -2.17. The van der Waals surface area contributed by atoms with Crippen molar-refractivity contribution in [2.45, 2.75) is 18.8 Å². The van der Waals surface area contributed by atoms with E-state index in [1.54, 1.807) is 0 Å². The molecular weight excluding hydrogens is 228 g/mol. The Hall–Kier alpha value is -2.74. The topological polar surface area (TPSA) is 118 Å². The minimum absolute atomic E-state index is 0.613. The van der Waals surface area contributed by atoms with E-state index in [1.807, 2.05) is 0 Å². The Labute approximate surface area is 95.2 Å². The second-order valence-electron chi connectivity index (χ2n) is 2.62. The van der Waals surface area contributed by atoms with Crippen LogP contribution in [-0.4, -0.2) is 36.1 Å². The van der Waals surface area contributed by atoms with Gasteiger partial charge < -0.3 is 0 Å². The van der Waals surface area contributed by atoms with Crippen LogP contribution in [0.2, 0.25) is 0 Å². The van der Waals surface area contributed by atoms with Gasteiger partial charge in [0.25, 0.3) is 5.79 Å². The van der Waals surface area contributed by atoms with Gasteiger partial charge in [-0.15, -0.1) is 15.0 Å². The average molecular weight is 234 g/mol. The first-order chi connectivity index (χ1) is 8.14. The zero-order valence-electron chi connectivity index (χ0n) is 8.65. The van der Waals surface area contributed by atoms with Gasteiger partial charge in [0.15, 0.2) is 0 Å². The summed E-state index contributed by atoms with van der Waals surface area (Å²) < 4.78 is 0. The molecule has 0 heterocycles. The van der Waals surface area contributed by atoms with Gasteiger partial charge in [-0.3, -0.25) is 0 Å². The lowest BCUT2D eigenvalue weighted by atomic mass is 10.2. The van der Waals surface area contributed by atoms with Crippen LogP contribution in [0.3, 0.4) is 0 Å². The van der Waals surface area contributed by atoms with Crippen molar-refractivity contribution in [2.24, 2.45) is 20.0 Å². The van der Waals surface area contributed by atoms with Crippen LogP contribution >= 0.6 is 0 Å². The summed E-state index contributed by atoms with van der Waals surface area (Å²) in [6, 6.07) is -0.613. The molecule has 1 atom stereocenters. The third-order valence-corrected chi connectivity index (χ3v) is 1.49. The summed E-state index contributed by atoms with van der Waals surface area (Å²) in [5.74, 6) is -2.09. The van der Waals surface area contributed by atoms with E-state index in [2.05, 4.69) is 20.0 Å². The van der Waals surface area contributed by atoms with Gasteiger partial charge in [-0.2, -0.15) is 4.99 Å². The molecule has 1 unspecified atom stereocenters. The molecule has 0 aliphatic carbocycles. The van der Waals surface area contributed by atoms with Crippen LogP contribution in [0.1, 0.15) is 6.92 Å². The molecule has 0 saturated carbocycles. The predicted molar refractivity (Wildman–Crippen MR) is 53.8 cm³/mol. The molecule has 0 aliphatic rings. The van der Waals surface area contributed by atoms with Gasteiger partial charge in [-0.25, -0.2) is 19.2 Å². The highest BCUT2D eigenvalue weighted by Crippen LogP contribution is 2.16. The molecule has 0 amide bonds. The Bertz CT molecular complexity index is 442. The first-order valence-corrected chi connectivity index (χ1v) is 4.17. The van der Waals surface area contributed by atoms with Crippen LogP contribution in [-0.2, 0) is 19.2 Å². The van der Waals surface area contributed by atoms with Crippen molar-refractivity contribution in [1.82, 2.24) is 0 Å². The van der Waals surface area contributed by atoms with Crippen LogP contribution in [0.25, 0.3) is 0 Å². The van der Waals surface area contributed by atoms with Crippen LogP contribution in [0.4, 0.5) is 0 Å². The molecule has 0 aliphatic heterocycles. The number of isocyanates is 4. The Morgan fingerprint density at radius 3 is 1.76 bits per heavy atom. The molecule has 0 N–H and O–H groups in total. The molecule has 0 rings (SSSR count). The van der Waals surface area contributed by atoms with Gasteiger partial charge in [-0.1, -0.05) is 6.08 Å². The maximum Gasteiger partial charge on any atom is 0.296 e. The maximum absolute atomic E-state index is 10.1. The van der Waals surface area contributed by atoms with Gasteiger partial charge in [0.05, 0.1) is 6.04 Å². The van der Waals surface area contributed by atoms with Crippen molar-refractivity contribution in [2.75, 3.05) is 0 Å². The Morgan fingerprint density at radius 1 is 0.941 bits per heavy atom. The Kier molecular flexibility index (Phi) is 6.32. The highest BCUT2D eigenvalue weighted by molar-refractivity contribution is 5.44. The van der Waals surface area contributed by atoms with Gasteiger partial charge in [0.2, 0.25) is 24.3 Å². The summed E-state index contributed by atoms with van der Waals surface area (Å²) in [5.41, 5.74) is 0. The van der Waals surface area contributed by atoms with Crippen LogP contribution in [0, 0.1) is 0 Å². The van der Waals surface area contributed by atoms with Gasteiger partial charge >= 0.3 is 0 Å². The largest absolute Gasteiger partial charge is 0.296 e. The number of aliphatic imine (C=N–C) groups is 4. The molecule has 0 aromatic carbocycles. The van der Waals surface area contributed by atoms with E-state index in [9.17, 15) is 19.2 Å². The molecule has 0 fully saturated rings. The number of nitrogens with zero attached hydrogens (tertiary/aromatic N) is 4. The highest BCUT2D eigenvalue weighted by atomic mass is 16.1. The molecule has 17 heavy (non-hydrogen) atoms. The summed E-state index contributed by atoms with van der Waals surface area (Å²) in [5, 5.41) is 0. The van der Waals surface area contributed by atoms with E-state index in [1.165, 1.54) is 19.1 Å². The third kappa shape index (κ3) is 5.04. The summed E-state index contributed by atoms with van der Waals surface area (Å²) in [4.78, 5) is 52.9. The van der Waals surface area contributed by atoms with Crippen LogP contribution in [0.15, 0.2) is 32.1 Å². The molecule has 0 bridgehead atoms. The van der Waals surface area contributed by atoms with Crippen LogP contribution in [0.5, 0.6) is 0 Å². The maximum atomic E-state index is 10.1. The molecule has 0 aromatic heterocycles. The normalized spacial score (nSPS) is 14.2. The number of hydrogen-bond acceptors (Lipinski definition) is 8. The van der Waals surface area contributed by atoms with Crippen molar-refractivity contribution in [3.8, 4) is 0 Å². The fraction of sp³-hybridized carbons (Fsp3) is 0.333. The van der Waals surface area contributed by atoms with Crippen molar-refractivity contribution in [3.63, 3.8) is 0 Å². The van der Waals surface area contributed by atoms with Gasteiger partial charge in [-0.05, 0) is 13.0 Å². The minimum atomic E-state index is -2.09. The molecule has 8 nitrogen and oxygen atoms in total. The van der Waals surface area contributed by atoms with Crippen molar-refractivity contribution >= 4 is 24.3 Å². The van der Waals surface area contributed by atoms with Gasteiger partial charge in [0.1, 0.15) is 0 Å². The zero-order valence-corrected chi connectivity index (χ0v) is 8.65. The number of hydrogen-bond donors (Lipinski definition) is 0. The number of carbonyl (C=O) groups excluding carboxylic acids is 4. The fourth-order valence-corrected chi connectivity index (χ4v) is 0.783. The quantitative estimate of drug-likeness (QED) is 0.363.